The van der Waals surface area contributed by atoms with Crippen LogP contribution < -0.4 is 0 Å². The minimum atomic E-state index is 0.589. The van der Waals surface area contributed by atoms with Gasteiger partial charge in [-0.2, -0.15) is 0 Å². The maximum Gasteiger partial charge on any atom is 0.204 e. The molecule has 0 aliphatic rings. The van der Waals surface area contributed by atoms with E-state index in [-0.39, 0.29) is 0 Å². The zero-order valence-corrected chi connectivity index (χ0v) is 8.43. The first-order valence-corrected chi connectivity index (χ1v) is 4.58. The molecule has 0 atom stereocenters. The normalized spacial score (nSPS) is 8.83. The van der Waals surface area contributed by atoms with Crippen LogP contribution in [0.1, 0.15) is 25.6 Å². The number of aromatic nitrogens is 2. The molecule has 1 aromatic heterocycles. The second-order valence-electron chi connectivity index (χ2n) is 2.28. The molecule has 0 bridgehead atoms. The molecule has 0 saturated heterocycles. The van der Waals surface area contributed by atoms with Crippen LogP contribution in [0.5, 0.6) is 0 Å². The van der Waals surface area contributed by atoms with Gasteiger partial charge in [0.2, 0.25) is 5.82 Å². The van der Waals surface area contributed by atoms with Crippen molar-refractivity contribution in [1.82, 2.24) is 9.97 Å². The van der Waals surface area contributed by atoms with Gasteiger partial charge in [-0.05, 0) is 28.3 Å². The molecule has 2 nitrogen and oxygen atoms in total. The van der Waals surface area contributed by atoms with E-state index in [9.17, 15) is 0 Å². The first-order chi connectivity index (χ1) is 5.83. The predicted molar refractivity (Wildman–Crippen MR) is 51.5 cm³/mol. The first-order valence-electron chi connectivity index (χ1n) is 3.79. The lowest BCUT2D eigenvalue weighted by Gasteiger charge is -1.88. The molecule has 0 amide bonds. The van der Waals surface area contributed by atoms with E-state index < -0.39 is 0 Å². The van der Waals surface area contributed by atoms with Crippen LogP contribution in [0.25, 0.3) is 0 Å². The smallest absolute Gasteiger partial charge is 0.204 e. The molecule has 0 radical (unpaired) electrons. The van der Waals surface area contributed by atoms with E-state index >= 15 is 0 Å². The van der Waals surface area contributed by atoms with Gasteiger partial charge >= 0.3 is 0 Å². The van der Waals surface area contributed by atoms with Gasteiger partial charge in [0.1, 0.15) is 0 Å². The van der Waals surface area contributed by atoms with Gasteiger partial charge in [-0.25, -0.2) is 9.97 Å². The van der Waals surface area contributed by atoms with Crippen LogP contribution in [-0.4, -0.2) is 9.97 Å². The predicted octanol–water partition coefficient (Wildman–Crippen LogP) is 2.39. The molecule has 1 heterocycles. The highest BCUT2D eigenvalue weighted by atomic mass is 79.9. The summed E-state index contributed by atoms with van der Waals surface area (Å²) in [5, 5.41) is 0. The Bertz CT molecular complexity index is 295. The molecule has 1 rings (SSSR count). The fourth-order valence-corrected chi connectivity index (χ4v) is 0.848. The first kappa shape index (κ1) is 9.21. The standard InChI is InChI=1S/C9H9BrN2/c1-2-3-4-5-9-11-6-8(10)7-12-9/h6-7H,2-3H2,1H3. The van der Waals surface area contributed by atoms with Gasteiger partial charge in [-0.3, -0.25) is 0 Å². The molecule has 0 aliphatic carbocycles. The third-order valence-corrected chi connectivity index (χ3v) is 1.61. The average molecular weight is 225 g/mol. The molecule has 0 spiro atoms. The van der Waals surface area contributed by atoms with Crippen LogP contribution in [0.4, 0.5) is 0 Å². The minimum Gasteiger partial charge on any atom is -0.228 e. The number of hydrogen-bond acceptors (Lipinski definition) is 2. The zero-order chi connectivity index (χ0) is 8.81. The largest absolute Gasteiger partial charge is 0.228 e. The summed E-state index contributed by atoms with van der Waals surface area (Å²) in [6.45, 7) is 2.09. The number of rotatable bonds is 1. The number of halogens is 1. The van der Waals surface area contributed by atoms with Gasteiger partial charge in [0.15, 0.2) is 0 Å². The van der Waals surface area contributed by atoms with Crippen LogP contribution in [0, 0.1) is 11.8 Å². The van der Waals surface area contributed by atoms with Crippen molar-refractivity contribution in [1.29, 1.82) is 0 Å². The molecular formula is C9H9BrN2. The van der Waals surface area contributed by atoms with Gasteiger partial charge < -0.3 is 0 Å². The van der Waals surface area contributed by atoms with Crippen molar-refractivity contribution in [2.24, 2.45) is 0 Å². The summed E-state index contributed by atoms with van der Waals surface area (Å²) < 4.78 is 0.878. The van der Waals surface area contributed by atoms with Crippen molar-refractivity contribution >= 4 is 15.9 Å². The molecule has 1 aromatic rings. The van der Waals surface area contributed by atoms with E-state index in [2.05, 4.69) is 44.7 Å². The van der Waals surface area contributed by atoms with E-state index in [1.807, 2.05) is 0 Å². The minimum absolute atomic E-state index is 0.589. The Morgan fingerprint density at radius 3 is 2.67 bits per heavy atom. The summed E-state index contributed by atoms with van der Waals surface area (Å²) in [5.74, 6) is 6.45. The third kappa shape index (κ3) is 3.02. The fourth-order valence-electron chi connectivity index (χ4n) is 0.643. The zero-order valence-electron chi connectivity index (χ0n) is 6.84. The number of nitrogens with zero attached hydrogens (tertiary/aromatic N) is 2. The second-order valence-corrected chi connectivity index (χ2v) is 3.19. The molecule has 3 heteroatoms. The number of unbranched alkanes of at least 4 members (excludes halogenated alkanes) is 1. The Balaban J connectivity index is 2.66. The topological polar surface area (TPSA) is 25.8 Å². The maximum absolute atomic E-state index is 4.02. The molecule has 0 unspecified atom stereocenters. The van der Waals surface area contributed by atoms with Crippen LogP contribution >= 0.6 is 15.9 Å². The van der Waals surface area contributed by atoms with Crippen LogP contribution in [0.3, 0.4) is 0 Å². The third-order valence-electron chi connectivity index (χ3n) is 1.20. The lowest BCUT2D eigenvalue weighted by molar-refractivity contribution is 0.981. The van der Waals surface area contributed by atoms with Crippen molar-refractivity contribution in [3.8, 4) is 11.8 Å². The Morgan fingerprint density at radius 1 is 1.42 bits per heavy atom. The van der Waals surface area contributed by atoms with Gasteiger partial charge in [-0.1, -0.05) is 12.8 Å². The van der Waals surface area contributed by atoms with E-state index in [0.29, 0.717) is 5.82 Å². The van der Waals surface area contributed by atoms with E-state index in [1.165, 1.54) is 0 Å². The number of hydrogen-bond donors (Lipinski definition) is 0. The van der Waals surface area contributed by atoms with Crippen molar-refractivity contribution in [3.05, 3.63) is 22.7 Å². The summed E-state index contributed by atoms with van der Waals surface area (Å²) in [5.41, 5.74) is 0. The SMILES string of the molecule is CCCC#Cc1ncc(Br)cn1. The Hall–Kier alpha value is -0.880. The lowest BCUT2D eigenvalue weighted by atomic mass is 10.3. The average Bonchev–Trinajstić information content (AvgIpc) is 2.09. The van der Waals surface area contributed by atoms with Crippen LogP contribution in [0.2, 0.25) is 0 Å². The van der Waals surface area contributed by atoms with Crippen molar-refractivity contribution in [3.63, 3.8) is 0 Å². The molecule has 0 aromatic carbocycles. The van der Waals surface area contributed by atoms with Crippen LogP contribution in [-0.2, 0) is 0 Å². The second kappa shape index (κ2) is 4.89. The van der Waals surface area contributed by atoms with E-state index in [0.717, 1.165) is 17.3 Å². The molecular weight excluding hydrogens is 216 g/mol. The molecule has 0 fully saturated rings. The van der Waals surface area contributed by atoms with Gasteiger partial charge in [-0.15, -0.1) is 0 Å². The summed E-state index contributed by atoms with van der Waals surface area (Å²) in [7, 11) is 0. The summed E-state index contributed by atoms with van der Waals surface area (Å²) in [6.07, 6.45) is 5.37. The Labute approximate surface area is 80.6 Å². The lowest BCUT2D eigenvalue weighted by Crippen LogP contribution is -1.86. The van der Waals surface area contributed by atoms with Crippen LogP contribution in [0.15, 0.2) is 16.9 Å². The molecule has 62 valence electrons. The molecule has 12 heavy (non-hydrogen) atoms. The van der Waals surface area contributed by atoms with Crippen molar-refractivity contribution < 1.29 is 0 Å². The molecule has 0 saturated carbocycles. The maximum atomic E-state index is 4.02. The Kier molecular flexibility index (Phi) is 3.75. The van der Waals surface area contributed by atoms with E-state index in [1.54, 1.807) is 12.4 Å². The van der Waals surface area contributed by atoms with E-state index in [4.69, 9.17) is 0 Å². The highest BCUT2D eigenvalue weighted by Crippen LogP contribution is 2.03. The van der Waals surface area contributed by atoms with Gasteiger partial charge in [0.25, 0.3) is 0 Å². The van der Waals surface area contributed by atoms with Gasteiger partial charge in [0, 0.05) is 18.8 Å². The Morgan fingerprint density at radius 2 is 2.08 bits per heavy atom. The highest BCUT2D eigenvalue weighted by Gasteiger charge is 1.88. The monoisotopic (exact) mass is 224 g/mol. The van der Waals surface area contributed by atoms with Crippen molar-refractivity contribution in [2.75, 3.05) is 0 Å². The fraction of sp³-hybridized carbons (Fsp3) is 0.333. The molecule has 0 N–H and O–H groups in total. The molecule has 0 aliphatic heterocycles. The summed E-state index contributed by atoms with van der Waals surface area (Å²) in [6, 6.07) is 0. The van der Waals surface area contributed by atoms with Gasteiger partial charge in [0.05, 0.1) is 4.47 Å². The quantitative estimate of drug-likeness (QED) is 0.685. The summed E-state index contributed by atoms with van der Waals surface area (Å²) >= 11 is 3.25. The van der Waals surface area contributed by atoms with Crippen molar-refractivity contribution in [2.45, 2.75) is 19.8 Å². The summed E-state index contributed by atoms with van der Waals surface area (Å²) in [4.78, 5) is 8.04. The highest BCUT2D eigenvalue weighted by molar-refractivity contribution is 9.10.